The third kappa shape index (κ3) is 4.42. The molecule has 3 aromatic carbocycles. The molecule has 0 aliphatic carbocycles. The molecular weight excluding hydrogens is 416 g/mol. The smallest absolute Gasteiger partial charge is 0.412 e. The van der Waals surface area contributed by atoms with E-state index < -0.39 is 6.09 Å². The van der Waals surface area contributed by atoms with E-state index in [0.29, 0.717) is 29.9 Å². The molecule has 0 saturated heterocycles. The minimum atomic E-state index is -1.00. The summed E-state index contributed by atoms with van der Waals surface area (Å²) in [5.41, 5.74) is 4.50. The van der Waals surface area contributed by atoms with Crippen molar-refractivity contribution in [2.24, 2.45) is 0 Å². The van der Waals surface area contributed by atoms with E-state index in [1.54, 1.807) is 11.0 Å². The molecule has 1 N–H and O–H groups in total. The number of nitrogens with zero attached hydrogens (tertiary/aromatic N) is 2. The van der Waals surface area contributed by atoms with Crippen molar-refractivity contribution in [3.05, 3.63) is 89.0 Å². The second-order valence-corrected chi connectivity index (χ2v) is 8.31. The summed E-state index contributed by atoms with van der Waals surface area (Å²) >= 11 is 0. The molecule has 0 spiro atoms. The van der Waals surface area contributed by atoms with Gasteiger partial charge < -0.3 is 14.7 Å². The molecule has 2 amide bonds. The molecule has 4 rings (SSSR count). The Kier molecular flexibility index (Phi) is 6.36. The number of anilines is 2. The van der Waals surface area contributed by atoms with Gasteiger partial charge >= 0.3 is 6.09 Å². The van der Waals surface area contributed by atoms with E-state index >= 15 is 0 Å². The van der Waals surface area contributed by atoms with Crippen molar-refractivity contribution < 1.29 is 19.4 Å². The van der Waals surface area contributed by atoms with Crippen LogP contribution in [0.2, 0.25) is 0 Å². The fourth-order valence-corrected chi connectivity index (χ4v) is 4.22. The first-order valence-electron chi connectivity index (χ1n) is 11.1. The third-order valence-electron chi connectivity index (χ3n) is 6.21. The van der Waals surface area contributed by atoms with Crippen LogP contribution in [-0.2, 0) is 6.61 Å². The quantitative estimate of drug-likeness (QED) is 0.539. The van der Waals surface area contributed by atoms with E-state index in [1.807, 2.05) is 81.4 Å². The van der Waals surface area contributed by atoms with Crippen LogP contribution in [0.25, 0.3) is 0 Å². The van der Waals surface area contributed by atoms with Crippen LogP contribution in [-0.4, -0.2) is 29.7 Å². The summed E-state index contributed by atoms with van der Waals surface area (Å²) in [4.78, 5) is 29.1. The lowest BCUT2D eigenvalue weighted by atomic mass is 9.98. The molecule has 0 radical (unpaired) electrons. The summed E-state index contributed by atoms with van der Waals surface area (Å²) in [7, 11) is 0. The summed E-state index contributed by atoms with van der Waals surface area (Å²) < 4.78 is 5.91. The van der Waals surface area contributed by atoms with E-state index in [9.17, 15) is 14.7 Å². The maximum atomic E-state index is 13.8. The average molecular weight is 445 g/mol. The Morgan fingerprint density at radius 3 is 2.27 bits per heavy atom. The van der Waals surface area contributed by atoms with Gasteiger partial charge in [-0.1, -0.05) is 43.3 Å². The number of benzene rings is 3. The van der Waals surface area contributed by atoms with E-state index in [-0.39, 0.29) is 18.6 Å². The number of ether oxygens (including phenoxy) is 1. The number of amides is 2. The van der Waals surface area contributed by atoms with Crippen LogP contribution in [0, 0.1) is 13.8 Å². The number of carbonyl (C=O) groups excluding carboxylic acids is 1. The minimum absolute atomic E-state index is 0.157. The van der Waals surface area contributed by atoms with Gasteiger partial charge in [-0.3, -0.25) is 9.69 Å². The maximum Gasteiger partial charge on any atom is 0.412 e. The zero-order chi connectivity index (χ0) is 23.5. The van der Waals surface area contributed by atoms with Crippen molar-refractivity contribution in [1.29, 1.82) is 0 Å². The molecule has 1 aliphatic heterocycles. The van der Waals surface area contributed by atoms with Crippen molar-refractivity contribution in [2.45, 2.75) is 39.8 Å². The number of rotatable bonds is 5. The molecule has 170 valence electrons. The first-order chi connectivity index (χ1) is 15.9. The Morgan fingerprint density at radius 2 is 1.61 bits per heavy atom. The number of para-hydroxylation sites is 1. The highest BCUT2D eigenvalue weighted by molar-refractivity contribution is 6.11. The number of aryl methyl sites for hydroxylation is 2. The second-order valence-electron chi connectivity index (χ2n) is 8.31. The predicted octanol–water partition coefficient (Wildman–Crippen LogP) is 5.81. The van der Waals surface area contributed by atoms with E-state index in [0.717, 1.165) is 22.4 Å². The van der Waals surface area contributed by atoms with Gasteiger partial charge in [0.1, 0.15) is 12.4 Å². The normalized spacial score (nSPS) is 15.2. The number of fused-ring (bicyclic) bond motifs is 1. The first kappa shape index (κ1) is 22.4. The van der Waals surface area contributed by atoms with Crippen LogP contribution in [0.5, 0.6) is 5.75 Å². The number of hydrogen-bond donors (Lipinski definition) is 1. The molecule has 0 fully saturated rings. The number of carbonyl (C=O) groups is 2. The highest BCUT2D eigenvalue weighted by atomic mass is 16.5. The van der Waals surface area contributed by atoms with Crippen molar-refractivity contribution in [1.82, 2.24) is 0 Å². The van der Waals surface area contributed by atoms with Crippen LogP contribution in [0.3, 0.4) is 0 Å². The lowest BCUT2D eigenvalue weighted by Crippen LogP contribution is -2.53. The molecule has 6 heteroatoms. The number of carboxylic acid groups (broad SMARTS) is 1. The third-order valence-corrected chi connectivity index (χ3v) is 6.21. The van der Waals surface area contributed by atoms with Crippen molar-refractivity contribution in [2.75, 3.05) is 16.3 Å². The molecule has 33 heavy (non-hydrogen) atoms. The Labute approximate surface area is 194 Å². The molecule has 0 bridgehead atoms. The van der Waals surface area contributed by atoms with Crippen molar-refractivity contribution >= 4 is 23.4 Å². The van der Waals surface area contributed by atoms with Gasteiger partial charge in [0.25, 0.3) is 5.91 Å². The van der Waals surface area contributed by atoms with Crippen molar-refractivity contribution in [3.8, 4) is 5.75 Å². The summed E-state index contributed by atoms with van der Waals surface area (Å²) in [6.45, 7) is 6.42. The van der Waals surface area contributed by atoms with Crippen LogP contribution >= 0.6 is 0 Å². The molecule has 0 aromatic heterocycles. The fraction of sp³-hybridized carbons (Fsp3) is 0.259. The van der Waals surface area contributed by atoms with E-state index in [2.05, 4.69) is 0 Å². The highest BCUT2D eigenvalue weighted by Crippen LogP contribution is 2.39. The van der Waals surface area contributed by atoms with Gasteiger partial charge in [-0.05, 0) is 61.7 Å². The zero-order valence-electron chi connectivity index (χ0n) is 19.1. The molecule has 1 atom stereocenters. The summed E-state index contributed by atoms with van der Waals surface area (Å²) in [6.07, 6.45) is -0.406. The van der Waals surface area contributed by atoms with Crippen LogP contribution < -0.4 is 14.5 Å². The lowest BCUT2D eigenvalue weighted by Gasteiger charge is -2.41. The van der Waals surface area contributed by atoms with Gasteiger partial charge in [0.15, 0.2) is 0 Å². The Morgan fingerprint density at radius 1 is 0.970 bits per heavy atom. The largest absolute Gasteiger partial charge is 0.489 e. The summed E-state index contributed by atoms with van der Waals surface area (Å²) in [5.74, 6) is 0.576. The van der Waals surface area contributed by atoms with Crippen LogP contribution in [0.1, 0.15) is 40.4 Å². The van der Waals surface area contributed by atoms with Gasteiger partial charge in [0, 0.05) is 17.7 Å². The maximum absolute atomic E-state index is 13.8. The lowest BCUT2D eigenvalue weighted by molar-refractivity contribution is 0.0980. The van der Waals surface area contributed by atoms with Gasteiger partial charge in [-0.25, -0.2) is 4.79 Å². The molecular formula is C27H28N2O4. The van der Waals surface area contributed by atoms with Gasteiger partial charge in [0.2, 0.25) is 0 Å². The summed E-state index contributed by atoms with van der Waals surface area (Å²) in [6, 6.07) is 20.4. The highest BCUT2D eigenvalue weighted by Gasteiger charge is 2.37. The van der Waals surface area contributed by atoms with Gasteiger partial charge in [-0.2, -0.15) is 0 Å². The number of hydrogen-bond acceptors (Lipinski definition) is 3. The Hall–Kier alpha value is -3.80. The second kappa shape index (κ2) is 9.36. The van der Waals surface area contributed by atoms with E-state index in [4.69, 9.17) is 4.74 Å². The molecule has 1 aliphatic rings. The van der Waals surface area contributed by atoms with Crippen LogP contribution in [0.15, 0.2) is 66.7 Å². The zero-order valence-corrected chi connectivity index (χ0v) is 19.1. The first-order valence-corrected chi connectivity index (χ1v) is 11.1. The fourth-order valence-electron chi connectivity index (χ4n) is 4.22. The molecule has 6 nitrogen and oxygen atoms in total. The standard InChI is InChI=1S/C27H28N2O4/c1-4-21-16-28(24-14-18(2)19(3)15-25(24)29(21)27(31)32)26(30)23-13-9-8-10-20(23)17-33-22-11-6-5-7-12-22/h5-15,21H,4,16-17H2,1-3H3,(H,31,32). The SMILES string of the molecule is CCC1CN(C(=O)c2ccccc2COc2ccccc2)c2cc(C)c(C)cc2N1C(=O)O. The van der Waals surface area contributed by atoms with Gasteiger partial charge in [0.05, 0.1) is 17.4 Å². The summed E-state index contributed by atoms with van der Waals surface area (Å²) in [5, 5.41) is 9.92. The van der Waals surface area contributed by atoms with Crippen molar-refractivity contribution in [3.63, 3.8) is 0 Å². The molecule has 1 unspecified atom stereocenters. The minimum Gasteiger partial charge on any atom is -0.489 e. The van der Waals surface area contributed by atoms with Gasteiger partial charge in [-0.15, -0.1) is 0 Å². The Balaban J connectivity index is 1.72. The molecule has 1 heterocycles. The Bertz CT molecular complexity index is 1180. The molecule has 0 saturated carbocycles. The van der Waals surface area contributed by atoms with E-state index in [1.165, 1.54) is 4.90 Å². The monoisotopic (exact) mass is 444 g/mol. The molecule has 3 aromatic rings. The van der Waals surface area contributed by atoms with Crippen LogP contribution in [0.4, 0.5) is 16.2 Å². The average Bonchev–Trinajstić information content (AvgIpc) is 2.82. The topological polar surface area (TPSA) is 70.1 Å². The predicted molar refractivity (Wildman–Crippen MR) is 129 cm³/mol.